The summed E-state index contributed by atoms with van der Waals surface area (Å²) >= 11 is 6.08. The molecule has 1 aliphatic rings. The zero-order chi connectivity index (χ0) is 25.9. The molecule has 1 heterocycles. The summed E-state index contributed by atoms with van der Waals surface area (Å²) in [6.45, 7) is 14.7. The van der Waals surface area contributed by atoms with Gasteiger partial charge in [0.1, 0.15) is 0 Å². The van der Waals surface area contributed by atoms with Gasteiger partial charge >= 0.3 is 0 Å². The zero-order valence-corrected chi connectivity index (χ0v) is 24.9. The summed E-state index contributed by atoms with van der Waals surface area (Å²) in [5.74, 6) is 1.13. The van der Waals surface area contributed by atoms with E-state index in [2.05, 4.69) is 65.1 Å². The molecule has 0 spiro atoms. The van der Waals surface area contributed by atoms with Crippen LogP contribution < -0.4 is 0 Å². The van der Waals surface area contributed by atoms with E-state index in [4.69, 9.17) is 16.0 Å². The molecule has 0 aliphatic carbocycles. The Bertz CT molecular complexity index is 1080. The lowest BCUT2D eigenvalue weighted by Crippen LogP contribution is -2.45. The van der Waals surface area contributed by atoms with Crippen molar-refractivity contribution in [1.82, 2.24) is 0 Å². The predicted octanol–water partition coefficient (Wildman–Crippen LogP) is 7.62. The molecule has 2 aromatic carbocycles. The second-order valence-electron chi connectivity index (χ2n) is 11.8. The number of sulfone groups is 1. The van der Waals surface area contributed by atoms with Crippen molar-refractivity contribution in [2.45, 2.75) is 83.3 Å². The van der Waals surface area contributed by atoms with Crippen LogP contribution in [0.25, 0.3) is 0 Å². The highest BCUT2D eigenvalue weighted by molar-refractivity contribution is 7.91. The molecule has 1 saturated heterocycles. The SMILES string of the molecule is CC(C)C(C)(C)[Si](C)(C)OCCc1ccc(CCCC2(c3ccc(Cl)cc3)CCS(=O)(=O)C2)cc1. The fourth-order valence-electron chi connectivity index (χ4n) is 5.10. The summed E-state index contributed by atoms with van der Waals surface area (Å²) in [5.41, 5.74) is 3.42. The second-order valence-corrected chi connectivity index (χ2v) is 19.0. The van der Waals surface area contributed by atoms with E-state index < -0.39 is 18.2 Å². The Morgan fingerprint density at radius 3 is 2.09 bits per heavy atom. The minimum Gasteiger partial charge on any atom is -0.416 e. The first-order valence-corrected chi connectivity index (χ1v) is 18.1. The van der Waals surface area contributed by atoms with Crippen LogP contribution in [-0.2, 0) is 32.5 Å². The average molecular weight is 535 g/mol. The first kappa shape index (κ1) is 28.4. The molecule has 6 heteroatoms. The van der Waals surface area contributed by atoms with Gasteiger partial charge in [0, 0.05) is 17.0 Å². The van der Waals surface area contributed by atoms with Crippen LogP contribution >= 0.6 is 11.6 Å². The fraction of sp³-hybridized carbons (Fsp3) is 0.586. The topological polar surface area (TPSA) is 43.4 Å². The fourth-order valence-corrected chi connectivity index (χ4v) is 9.74. The lowest BCUT2D eigenvalue weighted by molar-refractivity contribution is 0.270. The van der Waals surface area contributed by atoms with Crippen LogP contribution in [0.3, 0.4) is 0 Å². The van der Waals surface area contributed by atoms with E-state index in [-0.39, 0.29) is 22.0 Å². The Hall–Kier alpha value is -1.14. The van der Waals surface area contributed by atoms with Crippen molar-refractivity contribution in [2.24, 2.45) is 5.92 Å². The summed E-state index contributed by atoms with van der Waals surface area (Å²) in [4.78, 5) is 0. The highest BCUT2D eigenvalue weighted by Crippen LogP contribution is 2.44. The minimum absolute atomic E-state index is 0.235. The number of benzene rings is 2. The normalized spacial score (nSPS) is 20.5. The third kappa shape index (κ3) is 7.00. The van der Waals surface area contributed by atoms with Crippen molar-refractivity contribution in [3.8, 4) is 0 Å². The lowest BCUT2D eigenvalue weighted by atomic mass is 9.76. The van der Waals surface area contributed by atoms with Crippen molar-refractivity contribution in [2.75, 3.05) is 18.1 Å². The van der Waals surface area contributed by atoms with E-state index in [1.807, 2.05) is 24.3 Å². The molecular formula is C29H43ClO3SSi. The van der Waals surface area contributed by atoms with Gasteiger partial charge in [0.05, 0.1) is 11.5 Å². The smallest absolute Gasteiger partial charge is 0.192 e. The molecule has 35 heavy (non-hydrogen) atoms. The second kappa shape index (κ2) is 11.1. The maximum Gasteiger partial charge on any atom is 0.192 e. The number of hydrogen-bond donors (Lipinski definition) is 0. The molecule has 1 aliphatic heterocycles. The van der Waals surface area contributed by atoms with Gasteiger partial charge in [-0.3, -0.25) is 0 Å². The number of halogens is 1. The third-order valence-electron chi connectivity index (χ3n) is 8.84. The van der Waals surface area contributed by atoms with Gasteiger partial charge in [0.25, 0.3) is 0 Å². The third-order valence-corrected chi connectivity index (χ3v) is 15.5. The monoisotopic (exact) mass is 534 g/mol. The van der Waals surface area contributed by atoms with E-state index >= 15 is 0 Å². The summed E-state index contributed by atoms with van der Waals surface area (Å²) in [7, 11) is -4.78. The molecule has 3 rings (SSSR count). The van der Waals surface area contributed by atoms with Crippen LogP contribution in [0.1, 0.15) is 63.6 Å². The van der Waals surface area contributed by atoms with Gasteiger partial charge in [-0.25, -0.2) is 8.42 Å². The number of aryl methyl sites for hydroxylation is 1. The summed E-state index contributed by atoms with van der Waals surface area (Å²) in [5, 5.41) is 0.920. The zero-order valence-electron chi connectivity index (χ0n) is 22.4. The molecule has 1 atom stereocenters. The molecule has 1 fully saturated rings. The summed E-state index contributed by atoms with van der Waals surface area (Å²) in [6, 6.07) is 16.6. The first-order valence-electron chi connectivity index (χ1n) is 12.9. The van der Waals surface area contributed by atoms with E-state index in [0.717, 1.165) is 37.9 Å². The highest BCUT2D eigenvalue weighted by atomic mass is 35.5. The van der Waals surface area contributed by atoms with Crippen molar-refractivity contribution < 1.29 is 12.8 Å². The van der Waals surface area contributed by atoms with Gasteiger partial charge < -0.3 is 4.43 Å². The Balaban J connectivity index is 1.55. The van der Waals surface area contributed by atoms with E-state index in [9.17, 15) is 8.42 Å². The molecule has 0 saturated carbocycles. The van der Waals surface area contributed by atoms with Crippen LogP contribution in [0.15, 0.2) is 48.5 Å². The quantitative estimate of drug-likeness (QED) is 0.278. The maximum absolute atomic E-state index is 12.4. The van der Waals surface area contributed by atoms with Gasteiger partial charge in [-0.2, -0.15) is 0 Å². The minimum atomic E-state index is -2.99. The Labute approximate surface area is 219 Å². The number of hydrogen-bond acceptors (Lipinski definition) is 3. The largest absolute Gasteiger partial charge is 0.416 e. The Morgan fingerprint density at radius 1 is 1.00 bits per heavy atom. The summed E-state index contributed by atoms with van der Waals surface area (Å²) < 4.78 is 31.2. The van der Waals surface area contributed by atoms with Crippen LogP contribution in [-0.4, -0.2) is 34.8 Å². The van der Waals surface area contributed by atoms with Gasteiger partial charge in [-0.05, 0) is 85.0 Å². The van der Waals surface area contributed by atoms with Gasteiger partial charge in [0.2, 0.25) is 0 Å². The van der Waals surface area contributed by atoms with Crippen molar-refractivity contribution >= 4 is 29.8 Å². The van der Waals surface area contributed by atoms with Crippen LogP contribution in [0, 0.1) is 5.92 Å². The molecule has 0 radical (unpaired) electrons. The maximum atomic E-state index is 12.4. The van der Waals surface area contributed by atoms with Gasteiger partial charge in [-0.15, -0.1) is 0 Å². The van der Waals surface area contributed by atoms with Crippen molar-refractivity contribution in [3.63, 3.8) is 0 Å². The van der Waals surface area contributed by atoms with E-state index in [1.165, 1.54) is 11.1 Å². The predicted molar refractivity (Wildman–Crippen MR) is 152 cm³/mol. The Kier molecular flexibility index (Phi) is 9.00. The van der Waals surface area contributed by atoms with Crippen LogP contribution in [0.5, 0.6) is 0 Å². The highest BCUT2D eigenvalue weighted by Gasteiger charge is 2.44. The van der Waals surface area contributed by atoms with Crippen molar-refractivity contribution in [3.05, 3.63) is 70.2 Å². The van der Waals surface area contributed by atoms with Crippen LogP contribution in [0.4, 0.5) is 0 Å². The summed E-state index contributed by atoms with van der Waals surface area (Å²) in [6.07, 6.45) is 4.42. The van der Waals surface area contributed by atoms with Crippen molar-refractivity contribution in [1.29, 1.82) is 0 Å². The first-order chi connectivity index (χ1) is 16.3. The molecule has 0 bridgehead atoms. The van der Waals surface area contributed by atoms with Gasteiger partial charge in [-0.1, -0.05) is 75.7 Å². The molecular weight excluding hydrogens is 492 g/mol. The standard InChI is InChI=1S/C29H43ClO3SSi/c1-23(2)28(3,4)35(5,6)33-20-17-25-11-9-24(10-12-25)8-7-18-29(19-21-34(31,32)22-29)26-13-15-27(30)16-14-26/h9-16,23H,7-8,17-22H2,1-6H3. The number of rotatable bonds is 11. The van der Waals surface area contributed by atoms with Gasteiger partial charge in [0.15, 0.2) is 18.2 Å². The molecule has 3 nitrogen and oxygen atoms in total. The lowest BCUT2D eigenvalue weighted by Gasteiger charge is -2.42. The molecule has 0 amide bonds. The molecule has 0 aromatic heterocycles. The van der Waals surface area contributed by atoms with E-state index in [0.29, 0.717) is 17.4 Å². The molecule has 194 valence electrons. The molecule has 1 unspecified atom stereocenters. The average Bonchev–Trinajstić information content (AvgIpc) is 3.10. The molecule has 2 aromatic rings. The Morgan fingerprint density at radius 2 is 1.57 bits per heavy atom. The van der Waals surface area contributed by atoms with E-state index in [1.54, 1.807) is 0 Å². The van der Waals surface area contributed by atoms with Crippen LogP contribution in [0.2, 0.25) is 23.2 Å². The molecule has 0 N–H and O–H groups in total.